The maximum absolute atomic E-state index is 6.00. The fraction of sp³-hybridized carbons (Fsp3) is 0.316. The summed E-state index contributed by atoms with van der Waals surface area (Å²) < 4.78 is 5.40. The number of benzene rings is 2. The molecule has 0 radical (unpaired) electrons. The molecule has 2 aromatic carbocycles. The van der Waals surface area contributed by atoms with Crippen molar-refractivity contribution >= 4 is 35.6 Å². The van der Waals surface area contributed by atoms with Crippen molar-refractivity contribution in [1.82, 2.24) is 0 Å². The van der Waals surface area contributed by atoms with E-state index >= 15 is 0 Å². The second-order valence-corrected chi connectivity index (χ2v) is 5.79. The Kier molecular flexibility index (Phi) is 8.04. The van der Waals surface area contributed by atoms with Crippen LogP contribution >= 0.6 is 24.0 Å². The molecule has 2 rings (SSSR count). The molecule has 0 aliphatic rings. The van der Waals surface area contributed by atoms with Crippen LogP contribution < -0.4 is 15.8 Å². The maximum atomic E-state index is 6.00. The third-order valence-corrected chi connectivity index (χ3v) is 3.98. The Morgan fingerprint density at radius 3 is 2.54 bits per heavy atom. The SMILES string of the molecule is COc1ccccc1C(C)CN=C(N)Nc1ccc(C)c(C)c1.I. The molecule has 24 heavy (non-hydrogen) atoms. The summed E-state index contributed by atoms with van der Waals surface area (Å²) in [6.07, 6.45) is 0. The molecule has 0 bridgehead atoms. The highest BCUT2D eigenvalue weighted by Gasteiger charge is 2.10. The molecular weight excluding hydrogens is 413 g/mol. The number of nitrogens with zero attached hydrogens (tertiary/aromatic N) is 1. The molecule has 130 valence electrons. The van der Waals surface area contributed by atoms with E-state index in [0.29, 0.717) is 12.5 Å². The number of guanidine groups is 1. The van der Waals surface area contributed by atoms with Gasteiger partial charge in [-0.25, -0.2) is 0 Å². The Morgan fingerprint density at radius 1 is 1.17 bits per heavy atom. The molecular formula is C19H26IN3O. The van der Waals surface area contributed by atoms with Crippen LogP contribution in [-0.4, -0.2) is 19.6 Å². The first kappa shape index (κ1) is 20.3. The number of nitrogens with two attached hydrogens (primary N) is 1. The van der Waals surface area contributed by atoms with Crippen molar-refractivity contribution < 1.29 is 4.74 Å². The molecule has 0 aromatic heterocycles. The van der Waals surface area contributed by atoms with Crippen LogP contribution in [0.4, 0.5) is 5.69 Å². The van der Waals surface area contributed by atoms with Crippen molar-refractivity contribution in [1.29, 1.82) is 0 Å². The Balaban J connectivity index is 0.00000288. The number of ether oxygens (including phenoxy) is 1. The number of hydrogen-bond acceptors (Lipinski definition) is 2. The van der Waals surface area contributed by atoms with Gasteiger partial charge < -0.3 is 15.8 Å². The van der Waals surface area contributed by atoms with Gasteiger partial charge in [0.05, 0.1) is 7.11 Å². The van der Waals surface area contributed by atoms with Crippen LogP contribution in [0.2, 0.25) is 0 Å². The smallest absolute Gasteiger partial charge is 0.193 e. The van der Waals surface area contributed by atoms with Crippen molar-refractivity contribution in [2.45, 2.75) is 26.7 Å². The predicted molar refractivity (Wildman–Crippen MR) is 113 cm³/mol. The summed E-state index contributed by atoms with van der Waals surface area (Å²) in [5.74, 6) is 1.54. The van der Waals surface area contributed by atoms with Gasteiger partial charge in [-0.05, 0) is 48.7 Å². The lowest BCUT2D eigenvalue weighted by Gasteiger charge is -2.14. The fourth-order valence-corrected chi connectivity index (χ4v) is 2.41. The summed E-state index contributed by atoms with van der Waals surface area (Å²) in [4.78, 5) is 4.45. The zero-order chi connectivity index (χ0) is 16.8. The largest absolute Gasteiger partial charge is 0.496 e. The Morgan fingerprint density at radius 2 is 1.88 bits per heavy atom. The van der Waals surface area contributed by atoms with Crippen LogP contribution in [0.3, 0.4) is 0 Å². The lowest BCUT2D eigenvalue weighted by molar-refractivity contribution is 0.407. The average molecular weight is 439 g/mol. The van der Waals surface area contributed by atoms with Crippen LogP contribution in [0.15, 0.2) is 47.5 Å². The zero-order valence-corrected chi connectivity index (χ0v) is 17.0. The molecule has 4 nitrogen and oxygen atoms in total. The van der Waals surface area contributed by atoms with E-state index in [9.17, 15) is 0 Å². The van der Waals surface area contributed by atoms with Gasteiger partial charge in [0.1, 0.15) is 5.75 Å². The topological polar surface area (TPSA) is 59.6 Å². The molecule has 5 heteroatoms. The van der Waals surface area contributed by atoms with Gasteiger partial charge in [0, 0.05) is 18.2 Å². The van der Waals surface area contributed by atoms with E-state index in [1.807, 2.05) is 24.3 Å². The van der Waals surface area contributed by atoms with E-state index in [0.717, 1.165) is 17.0 Å². The normalized spacial score (nSPS) is 12.2. The first-order valence-corrected chi connectivity index (χ1v) is 7.78. The number of halogens is 1. The van der Waals surface area contributed by atoms with E-state index < -0.39 is 0 Å². The number of anilines is 1. The molecule has 0 aliphatic heterocycles. The van der Waals surface area contributed by atoms with Crippen molar-refractivity contribution in [3.05, 3.63) is 59.2 Å². The minimum Gasteiger partial charge on any atom is -0.496 e. The lowest BCUT2D eigenvalue weighted by atomic mass is 10.0. The highest BCUT2D eigenvalue weighted by molar-refractivity contribution is 14.0. The van der Waals surface area contributed by atoms with Crippen LogP contribution in [0, 0.1) is 13.8 Å². The maximum Gasteiger partial charge on any atom is 0.193 e. The minimum atomic E-state index is 0. The monoisotopic (exact) mass is 439 g/mol. The summed E-state index contributed by atoms with van der Waals surface area (Å²) in [7, 11) is 1.68. The molecule has 0 spiro atoms. The van der Waals surface area contributed by atoms with Gasteiger partial charge in [-0.15, -0.1) is 24.0 Å². The van der Waals surface area contributed by atoms with E-state index in [1.165, 1.54) is 11.1 Å². The first-order valence-electron chi connectivity index (χ1n) is 7.78. The predicted octanol–water partition coefficient (Wildman–Crippen LogP) is 4.46. The first-order chi connectivity index (χ1) is 11.0. The van der Waals surface area contributed by atoms with E-state index in [1.54, 1.807) is 7.11 Å². The van der Waals surface area contributed by atoms with Gasteiger partial charge in [-0.3, -0.25) is 4.99 Å². The Bertz CT molecular complexity index is 701. The molecule has 0 heterocycles. The quantitative estimate of drug-likeness (QED) is 0.411. The third kappa shape index (κ3) is 5.40. The van der Waals surface area contributed by atoms with E-state index in [4.69, 9.17) is 10.5 Å². The summed E-state index contributed by atoms with van der Waals surface area (Å²) in [6, 6.07) is 14.2. The number of nitrogens with one attached hydrogen (secondary N) is 1. The molecule has 3 N–H and O–H groups in total. The molecule has 2 aromatic rings. The van der Waals surface area contributed by atoms with E-state index in [2.05, 4.69) is 49.3 Å². The molecule has 0 saturated carbocycles. The average Bonchev–Trinajstić information content (AvgIpc) is 2.56. The van der Waals surface area contributed by atoms with Gasteiger partial charge in [0.25, 0.3) is 0 Å². The number of methoxy groups -OCH3 is 1. The van der Waals surface area contributed by atoms with Crippen LogP contribution in [0.25, 0.3) is 0 Å². The third-order valence-electron chi connectivity index (χ3n) is 3.98. The Hall–Kier alpha value is -1.76. The molecule has 1 unspecified atom stereocenters. The van der Waals surface area contributed by atoms with Crippen molar-refractivity contribution in [3.8, 4) is 5.75 Å². The lowest BCUT2D eigenvalue weighted by Crippen LogP contribution is -2.23. The van der Waals surface area contributed by atoms with Crippen LogP contribution in [0.1, 0.15) is 29.5 Å². The molecule has 0 saturated heterocycles. The Labute approximate surface area is 161 Å². The van der Waals surface area contributed by atoms with Crippen molar-refractivity contribution in [2.24, 2.45) is 10.7 Å². The summed E-state index contributed by atoms with van der Waals surface area (Å²) >= 11 is 0. The van der Waals surface area contributed by atoms with Gasteiger partial charge >= 0.3 is 0 Å². The van der Waals surface area contributed by atoms with Crippen molar-refractivity contribution in [2.75, 3.05) is 19.0 Å². The highest BCUT2D eigenvalue weighted by Crippen LogP contribution is 2.26. The summed E-state index contributed by atoms with van der Waals surface area (Å²) in [6.45, 7) is 6.89. The molecule has 1 atom stereocenters. The van der Waals surface area contributed by atoms with E-state index in [-0.39, 0.29) is 29.9 Å². The van der Waals surface area contributed by atoms with Gasteiger partial charge in [-0.1, -0.05) is 31.2 Å². The van der Waals surface area contributed by atoms with Gasteiger partial charge in [0.15, 0.2) is 5.96 Å². The van der Waals surface area contributed by atoms with Crippen LogP contribution in [0.5, 0.6) is 5.75 Å². The molecule has 0 aliphatic carbocycles. The summed E-state index contributed by atoms with van der Waals surface area (Å²) in [5.41, 5.74) is 10.6. The fourth-order valence-electron chi connectivity index (χ4n) is 2.41. The standard InChI is InChI=1S/C19H25N3O.HI/c1-13-9-10-16(11-14(13)2)22-19(20)21-12-15(3)17-7-5-6-8-18(17)23-4;/h5-11,15H,12H2,1-4H3,(H3,20,21,22);1H. The second kappa shape index (κ2) is 9.52. The van der Waals surface area contributed by atoms with Gasteiger partial charge in [-0.2, -0.15) is 0 Å². The molecule has 0 amide bonds. The number of hydrogen-bond donors (Lipinski definition) is 2. The summed E-state index contributed by atoms with van der Waals surface area (Å²) in [5, 5.41) is 3.14. The van der Waals surface area contributed by atoms with Crippen molar-refractivity contribution in [3.63, 3.8) is 0 Å². The van der Waals surface area contributed by atoms with Gasteiger partial charge in [0.2, 0.25) is 0 Å². The number of aryl methyl sites for hydroxylation is 2. The zero-order valence-electron chi connectivity index (χ0n) is 14.7. The molecule has 0 fully saturated rings. The highest BCUT2D eigenvalue weighted by atomic mass is 127. The minimum absolute atomic E-state index is 0. The number of aliphatic imine (C=N–C) groups is 1. The second-order valence-electron chi connectivity index (χ2n) is 5.79. The van der Waals surface area contributed by atoms with Crippen LogP contribution in [-0.2, 0) is 0 Å². The number of para-hydroxylation sites is 1. The number of rotatable bonds is 5.